The van der Waals surface area contributed by atoms with Gasteiger partial charge in [-0.3, -0.25) is 4.79 Å². The summed E-state index contributed by atoms with van der Waals surface area (Å²) in [4.78, 5) is 14.6. The third-order valence-corrected chi connectivity index (χ3v) is 4.26. The molecule has 0 spiro atoms. The van der Waals surface area contributed by atoms with Crippen LogP contribution in [0.3, 0.4) is 0 Å². The Bertz CT molecular complexity index is 465. The lowest BCUT2D eigenvalue weighted by molar-refractivity contribution is 0.0858. The van der Waals surface area contributed by atoms with Gasteiger partial charge in [-0.1, -0.05) is 20.8 Å². The molecule has 1 N–H and O–H groups in total. The fraction of sp³-hybridized carbons (Fsp3) is 0.611. The molecule has 1 aliphatic heterocycles. The van der Waals surface area contributed by atoms with Crippen molar-refractivity contribution in [2.75, 3.05) is 32.0 Å². The van der Waals surface area contributed by atoms with Crippen LogP contribution in [0.4, 0.5) is 5.69 Å². The summed E-state index contributed by atoms with van der Waals surface area (Å²) in [6.07, 6.45) is 2.54. The minimum atomic E-state index is -0.316. The maximum atomic E-state index is 12.2. The first kappa shape index (κ1) is 16.0. The lowest BCUT2D eigenvalue weighted by Gasteiger charge is -2.29. The molecule has 0 atom stereocenters. The van der Waals surface area contributed by atoms with Gasteiger partial charge in [-0.25, -0.2) is 0 Å². The molecular weight excluding hydrogens is 260 g/mol. The van der Waals surface area contributed by atoms with Crippen molar-refractivity contribution in [3.63, 3.8) is 0 Å². The number of hydrogen-bond acceptors (Lipinski definition) is 3. The number of carbonyl (C=O) groups excluding carboxylic acids is 1. The lowest BCUT2D eigenvalue weighted by Crippen LogP contribution is -2.32. The number of carbonyl (C=O) groups is 1. The molecule has 3 nitrogen and oxygen atoms in total. The van der Waals surface area contributed by atoms with Crippen molar-refractivity contribution in [1.29, 1.82) is 0 Å². The Morgan fingerprint density at radius 2 is 1.76 bits per heavy atom. The standard InChI is InChI=1S/C18H28N2O/c1-18(2,3)17(21)15-5-7-16(8-6-15)19-13-14-9-11-20(4)12-10-14/h5-8,14,19H,9-13H2,1-4H3. The number of benzene rings is 1. The highest BCUT2D eigenvalue weighted by Gasteiger charge is 2.22. The minimum Gasteiger partial charge on any atom is -0.385 e. The lowest BCUT2D eigenvalue weighted by atomic mass is 9.86. The Balaban J connectivity index is 1.87. The molecule has 1 aromatic carbocycles. The topological polar surface area (TPSA) is 32.3 Å². The van der Waals surface area contributed by atoms with Crippen LogP contribution in [0.25, 0.3) is 0 Å². The second kappa shape index (κ2) is 6.61. The number of likely N-dealkylation sites (tertiary alicyclic amines) is 1. The van der Waals surface area contributed by atoms with E-state index >= 15 is 0 Å². The van der Waals surface area contributed by atoms with Gasteiger partial charge >= 0.3 is 0 Å². The molecule has 1 aromatic rings. The van der Waals surface area contributed by atoms with Gasteiger partial charge < -0.3 is 10.2 Å². The molecule has 1 saturated heterocycles. The van der Waals surface area contributed by atoms with Gasteiger partial charge in [-0.2, -0.15) is 0 Å². The summed E-state index contributed by atoms with van der Waals surface area (Å²) < 4.78 is 0. The summed E-state index contributed by atoms with van der Waals surface area (Å²) >= 11 is 0. The minimum absolute atomic E-state index is 0.198. The molecule has 116 valence electrons. The van der Waals surface area contributed by atoms with Crippen molar-refractivity contribution in [3.8, 4) is 0 Å². The SMILES string of the molecule is CN1CCC(CNc2ccc(C(=O)C(C)(C)C)cc2)CC1. The smallest absolute Gasteiger partial charge is 0.168 e. The number of nitrogens with one attached hydrogen (secondary N) is 1. The maximum Gasteiger partial charge on any atom is 0.168 e. The van der Waals surface area contributed by atoms with E-state index in [1.807, 2.05) is 45.0 Å². The predicted molar refractivity (Wildman–Crippen MR) is 88.9 cm³/mol. The molecule has 0 aliphatic carbocycles. The molecule has 1 heterocycles. The van der Waals surface area contributed by atoms with Crippen LogP contribution in [0, 0.1) is 11.3 Å². The molecule has 1 fully saturated rings. The second-order valence-electron chi connectivity index (χ2n) is 7.28. The molecule has 0 unspecified atom stereocenters. The first-order chi connectivity index (χ1) is 9.86. The van der Waals surface area contributed by atoms with E-state index in [2.05, 4.69) is 17.3 Å². The predicted octanol–water partition coefficient (Wildman–Crippen LogP) is 3.67. The Kier molecular flexibility index (Phi) is 5.04. The van der Waals surface area contributed by atoms with Crippen LogP contribution in [0.1, 0.15) is 44.0 Å². The Morgan fingerprint density at radius 3 is 2.29 bits per heavy atom. The largest absolute Gasteiger partial charge is 0.385 e. The van der Waals surface area contributed by atoms with Gasteiger partial charge in [-0.05, 0) is 63.2 Å². The van der Waals surface area contributed by atoms with Gasteiger partial charge in [0.1, 0.15) is 0 Å². The van der Waals surface area contributed by atoms with E-state index in [4.69, 9.17) is 0 Å². The summed E-state index contributed by atoms with van der Waals surface area (Å²) in [5.74, 6) is 0.960. The Labute approximate surface area is 128 Å². The van der Waals surface area contributed by atoms with Crippen LogP contribution in [0.5, 0.6) is 0 Å². The average Bonchev–Trinajstić information content (AvgIpc) is 2.45. The number of piperidine rings is 1. The summed E-state index contributed by atoms with van der Waals surface area (Å²) in [7, 11) is 2.19. The molecule has 2 rings (SSSR count). The number of anilines is 1. The van der Waals surface area contributed by atoms with E-state index in [-0.39, 0.29) is 11.2 Å². The van der Waals surface area contributed by atoms with Gasteiger partial charge in [0.2, 0.25) is 0 Å². The van der Waals surface area contributed by atoms with Crippen molar-refractivity contribution in [2.24, 2.45) is 11.3 Å². The van der Waals surface area contributed by atoms with Gasteiger partial charge in [0, 0.05) is 23.2 Å². The summed E-state index contributed by atoms with van der Waals surface area (Å²) in [6, 6.07) is 7.91. The number of nitrogens with zero attached hydrogens (tertiary/aromatic N) is 1. The molecule has 0 amide bonds. The monoisotopic (exact) mass is 288 g/mol. The van der Waals surface area contributed by atoms with E-state index in [1.165, 1.54) is 25.9 Å². The molecule has 0 saturated carbocycles. The van der Waals surface area contributed by atoms with E-state index in [1.54, 1.807) is 0 Å². The molecule has 21 heavy (non-hydrogen) atoms. The Hall–Kier alpha value is -1.35. The quantitative estimate of drug-likeness (QED) is 0.858. The van der Waals surface area contributed by atoms with E-state index in [0.717, 1.165) is 23.7 Å². The third-order valence-electron chi connectivity index (χ3n) is 4.26. The Morgan fingerprint density at radius 1 is 1.19 bits per heavy atom. The van der Waals surface area contributed by atoms with E-state index < -0.39 is 0 Å². The zero-order valence-corrected chi connectivity index (χ0v) is 13.8. The third kappa shape index (κ3) is 4.57. The number of Topliss-reactive ketones (excluding diaryl/α,β-unsaturated/α-hetero) is 1. The van der Waals surface area contributed by atoms with Crippen molar-refractivity contribution in [1.82, 2.24) is 4.90 Å². The number of ketones is 1. The van der Waals surface area contributed by atoms with Gasteiger partial charge in [0.05, 0.1) is 0 Å². The van der Waals surface area contributed by atoms with Crippen LogP contribution >= 0.6 is 0 Å². The highest BCUT2D eigenvalue weighted by atomic mass is 16.1. The van der Waals surface area contributed by atoms with Crippen molar-refractivity contribution in [2.45, 2.75) is 33.6 Å². The fourth-order valence-electron chi connectivity index (χ4n) is 2.70. The normalized spacial score (nSPS) is 17.7. The van der Waals surface area contributed by atoms with Crippen LogP contribution in [-0.2, 0) is 0 Å². The van der Waals surface area contributed by atoms with Crippen molar-refractivity contribution >= 4 is 11.5 Å². The van der Waals surface area contributed by atoms with Crippen molar-refractivity contribution < 1.29 is 4.79 Å². The first-order valence-corrected chi connectivity index (χ1v) is 7.93. The van der Waals surface area contributed by atoms with Crippen LogP contribution in [0.2, 0.25) is 0 Å². The highest BCUT2D eigenvalue weighted by Crippen LogP contribution is 2.22. The van der Waals surface area contributed by atoms with Gasteiger partial charge in [0.25, 0.3) is 0 Å². The molecule has 0 radical (unpaired) electrons. The van der Waals surface area contributed by atoms with Gasteiger partial charge in [0.15, 0.2) is 5.78 Å². The van der Waals surface area contributed by atoms with Crippen LogP contribution in [0.15, 0.2) is 24.3 Å². The molecule has 0 aromatic heterocycles. The summed E-state index contributed by atoms with van der Waals surface area (Å²) in [6.45, 7) is 9.31. The van der Waals surface area contributed by atoms with Crippen LogP contribution < -0.4 is 5.32 Å². The highest BCUT2D eigenvalue weighted by molar-refractivity contribution is 6.00. The summed E-state index contributed by atoms with van der Waals surface area (Å²) in [5, 5.41) is 3.50. The van der Waals surface area contributed by atoms with Crippen LogP contribution in [-0.4, -0.2) is 37.4 Å². The first-order valence-electron chi connectivity index (χ1n) is 7.93. The molecular formula is C18H28N2O. The van der Waals surface area contributed by atoms with Crippen molar-refractivity contribution in [3.05, 3.63) is 29.8 Å². The number of rotatable bonds is 4. The molecule has 0 bridgehead atoms. The average molecular weight is 288 g/mol. The summed E-state index contributed by atoms with van der Waals surface area (Å²) in [5.41, 5.74) is 1.59. The van der Waals surface area contributed by atoms with E-state index in [0.29, 0.717) is 0 Å². The fourth-order valence-corrected chi connectivity index (χ4v) is 2.70. The zero-order chi connectivity index (χ0) is 15.5. The zero-order valence-electron chi connectivity index (χ0n) is 13.8. The molecule has 3 heteroatoms. The maximum absolute atomic E-state index is 12.2. The molecule has 1 aliphatic rings. The second-order valence-corrected chi connectivity index (χ2v) is 7.28. The van der Waals surface area contributed by atoms with Gasteiger partial charge in [-0.15, -0.1) is 0 Å². The van der Waals surface area contributed by atoms with E-state index in [9.17, 15) is 4.79 Å². The number of hydrogen-bond donors (Lipinski definition) is 1.